The molecule has 2 heteroatoms. The van der Waals surface area contributed by atoms with Crippen molar-refractivity contribution in [1.82, 2.24) is 0 Å². The van der Waals surface area contributed by atoms with Crippen LogP contribution in [0, 0.1) is 0 Å². The van der Waals surface area contributed by atoms with Crippen molar-refractivity contribution in [3.63, 3.8) is 0 Å². The quantitative estimate of drug-likeness (QED) is 0.609. The molecular weight excluding hydrogens is 130 g/mol. The fourth-order valence-corrected chi connectivity index (χ4v) is 1.03. The van der Waals surface area contributed by atoms with Gasteiger partial charge in [0, 0.05) is 12.3 Å². The van der Waals surface area contributed by atoms with Crippen LogP contribution < -0.4 is 5.73 Å². The molecule has 0 aromatic heterocycles. The van der Waals surface area contributed by atoms with Gasteiger partial charge in [-0.2, -0.15) is 11.8 Å². The largest absolute Gasteiger partial charge is 0.327 e. The molecule has 0 heterocycles. The summed E-state index contributed by atoms with van der Waals surface area (Å²) in [5.74, 6) is 1.01. The molecule has 0 unspecified atom stereocenters. The summed E-state index contributed by atoms with van der Waals surface area (Å²) < 4.78 is 0. The molecule has 0 aliphatic rings. The van der Waals surface area contributed by atoms with E-state index < -0.39 is 0 Å². The van der Waals surface area contributed by atoms with Crippen LogP contribution in [0.3, 0.4) is 0 Å². The molecule has 2 N–H and O–H groups in total. The number of hydrogen-bond acceptors (Lipinski definition) is 2. The number of rotatable bonds is 4. The Kier molecular flexibility index (Phi) is 4.91. The summed E-state index contributed by atoms with van der Waals surface area (Å²) >= 11 is 1.88. The van der Waals surface area contributed by atoms with Gasteiger partial charge >= 0.3 is 0 Å². The van der Waals surface area contributed by atoms with E-state index in [0.29, 0.717) is 11.8 Å². The first-order valence-electron chi connectivity index (χ1n) is 3.15. The molecule has 0 aliphatic carbocycles. The second kappa shape index (κ2) is 4.89. The highest BCUT2D eigenvalue weighted by Gasteiger charge is 1.94. The molecule has 0 bridgehead atoms. The van der Waals surface area contributed by atoms with Gasteiger partial charge in [0.15, 0.2) is 0 Å². The lowest BCUT2D eigenvalue weighted by Gasteiger charge is -2.04. The van der Waals surface area contributed by atoms with Crippen molar-refractivity contribution >= 4 is 11.8 Å². The maximum absolute atomic E-state index is 5.35. The van der Waals surface area contributed by atoms with E-state index in [1.165, 1.54) is 0 Å². The third-order valence-corrected chi connectivity index (χ3v) is 2.15. The molecule has 0 saturated carbocycles. The monoisotopic (exact) mass is 145 g/mol. The van der Waals surface area contributed by atoms with E-state index in [1.807, 2.05) is 11.8 Å². The maximum atomic E-state index is 5.35. The topological polar surface area (TPSA) is 26.0 Å². The fraction of sp³-hybridized carbons (Fsp3) is 0.714. The van der Waals surface area contributed by atoms with Crippen LogP contribution in [0.1, 0.15) is 13.8 Å². The molecule has 9 heavy (non-hydrogen) atoms. The number of thioether (sulfide) groups is 1. The third kappa shape index (κ3) is 5.93. The van der Waals surface area contributed by atoms with Crippen molar-refractivity contribution in [3.05, 3.63) is 12.2 Å². The predicted molar refractivity (Wildman–Crippen MR) is 45.8 cm³/mol. The van der Waals surface area contributed by atoms with Crippen LogP contribution in [-0.4, -0.2) is 17.5 Å². The molecule has 0 aromatic carbocycles. The molecule has 0 aliphatic heterocycles. The fourth-order valence-electron chi connectivity index (χ4n) is 0.343. The zero-order valence-electron chi connectivity index (χ0n) is 6.18. The minimum absolute atomic E-state index is 0.625. The Morgan fingerprint density at radius 1 is 1.67 bits per heavy atom. The average Bonchev–Trinajstić information content (AvgIpc) is 1.83. The Morgan fingerprint density at radius 3 is 2.56 bits per heavy atom. The number of nitrogens with two attached hydrogens (primary N) is 1. The zero-order valence-corrected chi connectivity index (χ0v) is 7.00. The van der Waals surface area contributed by atoms with Gasteiger partial charge in [-0.05, 0) is 5.25 Å². The van der Waals surface area contributed by atoms with Crippen LogP contribution in [0.2, 0.25) is 0 Å². The van der Waals surface area contributed by atoms with E-state index in [-0.39, 0.29) is 0 Å². The molecular formula is C7H15NS. The Hall–Kier alpha value is 0.0500. The van der Waals surface area contributed by atoms with Gasteiger partial charge in [-0.25, -0.2) is 0 Å². The lowest BCUT2D eigenvalue weighted by Crippen LogP contribution is -2.04. The first-order valence-corrected chi connectivity index (χ1v) is 4.20. The van der Waals surface area contributed by atoms with Crippen molar-refractivity contribution in [1.29, 1.82) is 0 Å². The molecule has 0 spiro atoms. The molecule has 0 saturated heterocycles. The van der Waals surface area contributed by atoms with E-state index >= 15 is 0 Å². The molecule has 54 valence electrons. The average molecular weight is 145 g/mol. The molecule has 0 rings (SSSR count). The predicted octanol–water partition coefficient (Wildman–Crippen LogP) is 1.64. The summed E-state index contributed by atoms with van der Waals surface area (Å²) in [6, 6.07) is 0. The second-order valence-corrected chi connectivity index (χ2v) is 3.88. The minimum atomic E-state index is 0.625. The molecule has 0 amide bonds. The van der Waals surface area contributed by atoms with Crippen molar-refractivity contribution in [3.8, 4) is 0 Å². The maximum Gasteiger partial charge on any atom is 0.0155 e. The Bertz CT molecular complexity index is 88.9. The lowest BCUT2D eigenvalue weighted by atomic mass is 10.4. The normalized spacial score (nSPS) is 10.2. The van der Waals surface area contributed by atoms with Gasteiger partial charge in [0.2, 0.25) is 0 Å². The van der Waals surface area contributed by atoms with Crippen LogP contribution in [0.25, 0.3) is 0 Å². The highest BCUT2D eigenvalue weighted by molar-refractivity contribution is 8.00. The first-order chi connectivity index (χ1) is 4.16. The molecule has 0 fully saturated rings. The van der Waals surface area contributed by atoms with E-state index in [2.05, 4.69) is 20.4 Å². The van der Waals surface area contributed by atoms with Crippen LogP contribution >= 0.6 is 11.8 Å². The van der Waals surface area contributed by atoms with Crippen molar-refractivity contribution < 1.29 is 0 Å². The van der Waals surface area contributed by atoms with E-state index in [0.717, 1.165) is 11.3 Å². The summed E-state index contributed by atoms with van der Waals surface area (Å²) in [4.78, 5) is 0. The summed E-state index contributed by atoms with van der Waals surface area (Å²) in [5.41, 5.74) is 6.48. The van der Waals surface area contributed by atoms with Gasteiger partial charge in [0.1, 0.15) is 0 Å². The molecule has 1 nitrogen and oxygen atoms in total. The van der Waals surface area contributed by atoms with Gasteiger partial charge < -0.3 is 5.73 Å². The Balaban J connectivity index is 3.17. The SMILES string of the molecule is C=C(CN)CSC(C)C. The molecule has 0 aromatic rings. The molecule has 0 atom stereocenters. The third-order valence-electron chi connectivity index (χ3n) is 0.909. The van der Waals surface area contributed by atoms with E-state index in [9.17, 15) is 0 Å². The van der Waals surface area contributed by atoms with Crippen molar-refractivity contribution in [2.24, 2.45) is 5.73 Å². The zero-order chi connectivity index (χ0) is 7.28. The van der Waals surface area contributed by atoms with Crippen LogP contribution in [0.4, 0.5) is 0 Å². The standard InChI is InChI=1S/C7H15NS/c1-6(2)9-5-7(3)4-8/h6H,3-5,8H2,1-2H3. The second-order valence-electron chi connectivity index (χ2n) is 2.31. The van der Waals surface area contributed by atoms with Crippen LogP contribution in [-0.2, 0) is 0 Å². The van der Waals surface area contributed by atoms with Gasteiger partial charge in [0.25, 0.3) is 0 Å². The van der Waals surface area contributed by atoms with Crippen molar-refractivity contribution in [2.75, 3.05) is 12.3 Å². The Morgan fingerprint density at radius 2 is 2.22 bits per heavy atom. The smallest absolute Gasteiger partial charge is 0.0155 e. The van der Waals surface area contributed by atoms with Gasteiger partial charge in [-0.15, -0.1) is 0 Å². The Labute approximate surface area is 61.7 Å². The number of hydrogen-bond donors (Lipinski definition) is 1. The van der Waals surface area contributed by atoms with Crippen molar-refractivity contribution in [2.45, 2.75) is 19.1 Å². The summed E-state index contributed by atoms with van der Waals surface area (Å²) in [7, 11) is 0. The van der Waals surface area contributed by atoms with Gasteiger partial charge in [-0.3, -0.25) is 0 Å². The van der Waals surface area contributed by atoms with Gasteiger partial charge in [0.05, 0.1) is 0 Å². The van der Waals surface area contributed by atoms with Crippen LogP contribution in [0.5, 0.6) is 0 Å². The summed E-state index contributed by atoms with van der Waals surface area (Å²) in [5, 5.41) is 0.688. The van der Waals surface area contributed by atoms with Gasteiger partial charge in [-0.1, -0.05) is 26.0 Å². The molecule has 0 radical (unpaired) electrons. The minimum Gasteiger partial charge on any atom is -0.327 e. The highest BCUT2D eigenvalue weighted by atomic mass is 32.2. The van der Waals surface area contributed by atoms with E-state index in [4.69, 9.17) is 5.73 Å². The van der Waals surface area contributed by atoms with Crippen LogP contribution in [0.15, 0.2) is 12.2 Å². The summed E-state index contributed by atoms with van der Waals surface area (Å²) in [6.45, 7) is 8.77. The lowest BCUT2D eigenvalue weighted by molar-refractivity contribution is 1.10. The summed E-state index contributed by atoms with van der Waals surface area (Å²) in [6.07, 6.45) is 0. The first kappa shape index (κ1) is 9.05. The highest BCUT2D eigenvalue weighted by Crippen LogP contribution is 2.11. The van der Waals surface area contributed by atoms with E-state index in [1.54, 1.807) is 0 Å².